The molecule has 2 aromatic heterocycles. The van der Waals surface area contributed by atoms with Crippen LogP contribution in [-0.4, -0.2) is 52.9 Å². The van der Waals surface area contributed by atoms with Crippen LogP contribution < -0.4 is 20.4 Å². The van der Waals surface area contributed by atoms with E-state index in [2.05, 4.69) is 25.5 Å². The highest BCUT2D eigenvalue weighted by Crippen LogP contribution is 2.31. The van der Waals surface area contributed by atoms with Gasteiger partial charge in [-0.1, -0.05) is 12.8 Å². The molecular formula is C24H31N7O2. The van der Waals surface area contributed by atoms with Crippen molar-refractivity contribution in [2.75, 3.05) is 34.8 Å². The summed E-state index contributed by atoms with van der Waals surface area (Å²) in [6.45, 7) is 2.80. The van der Waals surface area contributed by atoms with Crippen molar-refractivity contribution in [3.8, 4) is 0 Å². The lowest BCUT2D eigenvalue weighted by Gasteiger charge is -2.26. The molecule has 2 aliphatic heterocycles. The van der Waals surface area contributed by atoms with E-state index < -0.39 is 0 Å². The number of hydrogen-bond acceptors (Lipinski definition) is 7. The minimum atomic E-state index is -0.106. The maximum atomic E-state index is 12.2. The van der Waals surface area contributed by atoms with Gasteiger partial charge < -0.3 is 15.5 Å². The first-order chi connectivity index (χ1) is 16.2. The molecule has 0 bridgehead atoms. The summed E-state index contributed by atoms with van der Waals surface area (Å²) < 4.78 is 0. The van der Waals surface area contributed by atoms with Crippen LogP contribution in [-0.2, 0) is 16.0 Å². The van der Waals surface area contributed by atoms with Gasteiger partial charge in [0.2, 0.25) is 18.3 Å². The molecule has 5 rings (SSSR count). The summed E-state index contributed by atoms with van der Waals surface area (Å²) in [5, 5.41) is 6.13. The van der Waals surface area contributed by atoms with E-state index in [9.17, 15) is 9.59 Å². The number of carbonyl (C=O) groups is 2. The summed E-state index contributed by atoms with van der Waals surface area (Å²) >= 11 is 0. The number of pyridine rings is 1. The molecule has 0 radical (unpaired) electrons. The average molecular weight is 450 g/mol. The summed E-state index contributed by atoms with van der Waals surface area (Å²) in [4.78, 5) is 42.2. The van der Waals surface area contributed by atoms with Gasteiger partial charge in [-0.05, 0) is 50.7 Å². The summed E-state index contributed by atoms with van der Waals surface area (Å²) in [5.41, 5.74) is 1.63. The third-order valence-electron chi connectivity index (χ3n) is 6.98. The fraction of sp³-hybridized carbons (Fsp3) is 0.542. The largest absolute Gasteiger partial charge is 0.357 e. The minimum absolute atomic E-state index is 0.0610. The Morgan fingerprint density at radius 3 is 2.58 bits per heavy atom. The van der Waals surface area contributed by atoms with Crippen LogP contribution in [0.2, 0.25) is 0 Å². The van der Waals surface area contributed by atoms with E-state index in [0.29, 0.717) is 24.7 Å². The number of hydrogen-bond donors (Lipinski definition) is 2. The van der Waals surface area contributed by atoms with Gasteiger partial charge in [0, 0.05) is 43.4 Å². The second kappa shape index (κ2) is 9.72. The molecule has 0 spiro atoms. The SMILES string of the molecule is O=CN(c1nc(Nc2ccc(N3CCCC3)nc2)ncc1CC1CCNC1=O)C1CCCC1. The third kappa shape index (κ3) is 4.77. The van der Waals surface area contributed by atoms with E-state index in [1.165, 1.54) is 12.8 Å². The van der Waals surface area contributed by atoms with Crippen LogP contribution in [0.5, 0.6) is 0 Å². The molecule has 174 valence electrons. The first-order valence-corrected chi connectivity index (χ1v) is 12.1. The summed E-state index contributed by atoms with van der Waals surface area (Å²) in [7, 11) is 0. The molecule has 1 aliphatic carbocycles. The number of carbonyl (C=O) groups excluding carboxylic acids is 2. The lowest BCUT2D eigenvalue weighted by molar-refractivity contribution is -0.122. The van der Waals surface area contributed by atoms with Crippen molar-refractivity contribution in [2.24, 2.45) is 5.92 Å². The van der Waals surface area contributed by atoms with Gasteiger partial charge in [-0.25, -0.2) is 9.97 Å². The van der Waals surface area contributed by atoms with Crippen molar-refractivity contribution in [2.45, 2.75) is 57.4 Å². The van der Waals surface area contributed by atoms with Crippen LogP contribution >= 0.6 is 0 Å². The Morgan fingerprint density at radius 1 is 1.09 bits per heavy atom. The maximum Gasteiger partial charge on any atom is 0.229 e. The van der Waals surface area contributed by atoms with Crippen molar-refractivity contribution in [1.29, 1.82) is 0 Å². The zero-order valence-electron chi connectivity index (χ0n) is 18.9. The molecule has 3 fully saturated rings. The van der Waals surface area contributed by atoms with E-state index in [1.54, 1.807) is 17.3 Å². The molecule has 9 heteroatoms. The molecule has 2 N–H and O–H groups in total. The maximum absolute atomic E-state index is 12.2. The molecule has 9 nitrogen and oxygen atoms in total. The standard InChI is InChI=1S/C24H31N7O2/c32-16-31(20-5-1-2-6-20)22-18(13-17-9-10-25-23(17)33)14-27-24(29-22)28-19-7-8-21(26-15-19)30-11-3-4-12-30/h7-8,14-17,20H,1-6,9-13H2,(H,25,33)(H,27,28,29). The van der Waals surface area contributed by atoms with Crippen molar-refractivity contribution < 1.29 is 9.59 Å². The smallest absolute Gasteiger partial charge is 0.229 e. The molecule has 3 aliphatic rings. The molecule has 1 saturated carbocycles. The van der Waals surface area contributed by atoms with Crippen LogP contribution in [0.4, 0.5) is 23.3 Å². The predicted molar refractivity (Wildman–Crippen MR) is 127 cm³/mol. The van der Waals surface area contributed by atoms with Gasteiger partial charge in [0.05, 0.1) is 11.9 Å². The van der Waals surface area contributed by atoms with Crippen molar-refractivity contribution >= 4 is 35.6 Å². The Morgan fingerprint density at radius 2 is 1.91 bits per heavy atom. The fourth-order valence-electron chi connectivity index (χ4n) is 5.14. The number of aromatic nitrogens is 3. The van der Waals surface area contributed by atoms with Gasteiger partial charge in [0.25, 0.3) is 0 Å². The topological polar surface area (TPSA) is 103 Å². The monoisotopic (exact) mass is 449 g/mol. The normalized spacial score (nSPS) is 20.8. The molecular weight excluding hydrogens is 418 g/mol. The highest BCUT2D eigenvalue weighted by atomic mass is 16.2. The Bertz CT molecular complexity index is 985. The molecule has 2 aromatic rings. The third-order valence-corrected chi connectivity index (χ3v) is 6.98. The van der Waals surface area contributed by atoms with Crippen LogP contribution in [0.25, 0.3) is 0 Å². The lowest BCUT2D eigenvalue weighted by atomic mass is 9.99. The van der Waals surface area contributed by atoms with Gasteiger partial charge in [-0.2, -0.15) is 4.98 Å². The van der Waals surface area contributed by atoms with E-state index >= 15 is 0 Å². The number of nitrogens with zero attached hydrogens (tertiary/aromatic N) is 5. The molecule has 1 unspecified atom stereocenters. The Labute approximate surface area is 194 Å². The molecule has 2 amide bonds. The van der Waals surface area contributed by atoms with Gasteiger partial charge in [0.1, 0.15) is 11.6 Å². The highest BCUT2D eigenvalue weighted by molar-refractivity contribution is 5.82. The fourth-order valence-corrected chi connectivity index (χ4v) is 5.14. The van der Waals surface area contributed by atoms with Crippen LogP contribution in [0.3, 0.4) is 0 Å². The average Bonchev–Trinajstić information content (AvgIpc) is 3.61. The summed E-state index contributed by atoms with van der Waals surface area (Å²) in [6, 6.07) is 4.13. The van der Waals surface area contributed by atoms with Crippen molar-refractivity contribution in [3.63, 3.8) is 0 Å². The second-order valence-corrected chi connectivity index (χ2v) is 9.20. The van der Waals surface area contributed by atoms with Crippen molar-refractivity contribution in [3.05, 3.63) is 30.1 Å². The number of anilines is 4. The molecule has 2 saturated heterocycles. The van der Waals surface area contributed by atoms with Crippen LogP contribution in [0.1, 0.15) is 50.5 Å². The number of amides is 2. The summed E-state index contributed by atoms with van der Waals surface area (Å²) in [6.07, 6.45) is 12.3. The Hall–Kier alpha value is -3.23. The quantitative estimate of drug-likeness (QED) is 0.597. The van der Waals surface area contributed by atoms with E-state index in [4.69, 9.17) is 4.98 Å². The number of nitrogens with one attached hydrogen (secondary N) is 2. The molecule has 33 heavy (non-hydrogen) atoms. The summed E-state index contributed by atoms with van der Waals surface area (Å²) in [5.74, 6) is 1.97. The van der Waals surface area contributed by atoms with E-state index in [-0.39, 0.29) is 17.9 Å². The van der Waals surface area contributed by atoms with Gasteiger partial charge in [-0.15, -0.1) is 0 Å². The van der Waals surface area contributed by atoms with Gasteiger partial charge >= 0.3 is 0 Å². The van der Waals surface area contributed by atoms with Gasteiger partial charge in [-0.3, -0.25) is 14.5 Å². The molecule has 0 aromatic carbocycles. The zero-order valence-corrected chi connectivity index (χ0v) is 18.9. The van der Waals surface area contributed by atoms with Crippen molar-refractivity contribution in [1.82, 2.24) is 20.3 Å². The van der Waals surface area contributed by atoms with Crippen LogP contribution in [0.15, 0.2) is 24.5 Å². The first-order valence-electron chi connectivity index (χ1n) is 12.1. The Balaban J connectivity index is 1.39. The van der Waals surface area contributed by atoms with E-state index in [0.717, 1.165) is 68.7 Å². The highest BCUT2D eigenvalue weighted by Gasteiger charge is 2.30. The lowest BCUT2D eigenvalue weighted by Crippen LogP contribution is -2.34. The Kier molecular flexibility index (Phi) is 6.37. The zero-order chi connectivity index (χ0) is 22.6. The number of rotatable bonds is 8. The van der Waals surface area contributed by atoms with Crippen LogP contribution in [0, 0.1) is 5.92 Å². The molecule has 1 atom stereocenters. The minimum Gasteiger partial charge on any atom is -0.357 e. The van der Waals surface area contributed by atoms with Gasteiger partial charge in [0.15, 0.2) is 0 Å². The van der Waals surface area contributed by atoms with E-state index in [1.807, 2.05) is 12.1 Å². The predicted octanol–water partition coefficient (Wildman–Crippen LogP) is 2.80. The second-order valence-electron chi connectivity index (χ2n) is 9.20. The molecule has 4 heterocycles. The first kappa shape index (κ1) is 21.6.